The summed E-state index contributed by atoms with van der Waals surface area (Å²) in [4.78, 5) is 4.67. The molecule has 0 unspecified atom stereocenters. The molecule has 0 radical (unpaired) electrons. The number of rotatable bonds is 2. The number of hydrogen-bond donors (Lipinski definition) is 1. The quantitative estimate of drug-likeness (QED) is 0.727. The van der Waals surface area contributed by atoms with Gasteiger partial charge in [0, 0.05) is 6.04 Å². The van der Waals surface area contributed by atoms with E-state index in [9.17, 15) is 5.11 Å². The summed E-state index contributed by atoms with van der Waals surface area (Å²) < 4.78 is 2.07. The minimum absolute atomic E-state index is 0.186. The van der Waals surface area contributed by atoms with E-state index in [1.54, 1.807) is 6.07 Å². The number of phenols is 1. The Kier molecular flexibility index (Phi) is 3.38. The first kappa shape index (κ1) is 14.0. The van der Waals surface area contributed by atoms with Gasteiger partial charge in [0.1, 0.15) is 11.6 Å². The van der Waals surface area contributed by atoms with Crippen LogP contribution in [0.25, 0.3) is 22.4 Å². The van der Waals surface area contributed by atoms with Crippen LogP contribution in [0.5, 0.6) is 5.75 Å². The summed E-state index contributed by atoms with van der Waals surface area (Å²) in [5.74, 6) is 0.980. The molecule has 3 nitrogen and oxygen atoms in total. The van der Waals surface area contributed by atoms with Crippen LogP contribution in [0.2, 0.25) is 5.02 Å². The zero-order valence-electron chi connectivity index (χ0n) is 12.3. The summed E-state index contributed by atoms with van der Waals surface area (Å²) in [5.41, 5.74) is 3.48. The second-order valence-electron chi connectivity index (χ2n) is 5.53. The van der Waals surface area contributed by atoms with Gasteiger partial charge >= 0.3 is 0 Å². The van der Waals surface area contributed by atoms with Gasteiger partial charge in [-0.25, -0.2) is 4.98 Å². The number of benzene rings is 2. The van der Waals surface area contributed by atoms with Gasteiger partial charge in [-0.1, -0.05) is 23.7 Å². The van der Waals surface area contributed by atoms with Crippen LogP contribution in [-0.4, -0.2) is 14.7 Å². The summed E-state index contributed by atoms with van der Waals surface area (Å²) in [6.45, 7) is 6.12. The maximum atomic E-state index is 10.3. The fourth-order valence-corrected chi connectivity index (χ4v) is 2.89. The Morgan fingerprint density at radius 3 is 2.62 bits per heavy atom. The molecule has 0 fully saturated rings. The minimum Gasteiger partial charge on any atom is -0.507 e. The normalized spacial score (nSPS) is 11.5. The van der Waals surface area contributed by atoms with E-state index >= 15 is 0 Å². The predicted octanol–water partition coefficient (Wildman–Crippen LogP) is 4.95. The number of imidazole rings is 1. The average molecular weight is 301 g/mol. The Labute approximate surface area is 128 Å². The SMILES string of the molecule is Cc1ccc(-c2nc3cccc(Cl)c3n2C(C)C)c(O)c1. The molecule has 0 saturated heterocycles. The highest BCUT2D eigenvalue weighted by molar-refractivity contribution is 6.35. The molecule has 1 aromatic heterocycles. The molecule has 0 aliphatic heterocycles. The third kappa shape index (κ3) is 2.28. The Hall–Kier alpha value is -2.00. The standard InChI is InChI=1S/C17H17ClN2O/c1-10(2)20-16-13(18)5-4-6-14(16)19-17(20)12-8-7-11(3)9-15(12)21/h4-10,21H,1-3H3. The van der Waals surface area contributed by atoms with Gasteiger partial charge in [0.25, 0.3) is 0 Å². The molecule has 108 valence electrons. The van der Waals surface area contributed by atoms with Gasteiger partial charge in [-0.3, -0.25) is 0 Å². The Balaban J connectivity index is 2.37. The van der Waals surface area contributed by atoms with Crippen LogP contribution >= 0.6 is 11.6 Å². The number of phenolic OH excluding ortho intramolecular Hbond substituents is 1. The van der Waals surface area contributed by atoms with Gasteiger partial charge in [0.15, 0.2) is 0 Å². The highest BCUT2D eigenvalue weighted by Crippen LogP contribution is 2.36. The molecule has 3 aromatic rings. The molecular weight excluding hydrogens is 284 g/mol. The second-order valence-corrected chi connectivity index (χ2v) is 5.93. The van der Waals surface area contributed by atoms with Crippen LogP contribution in [0.15, 0.2) is 36.4 Å². The van der Waals surface area contributed by atoms with Gasteiger partial charge in [-0.05, 0) is 50.6 Å². The summed E-state index contributed by atoms with van der Waals surface area (Å²) in [6.07, 6.45) is 0. The molecule has 0 bridgehead atoms. The molecule has 0 aliphatic rings. The fraction of sp³-hybridized carbons (Fsp3) is 0.235. The molecular formula is C17H17ClN2O. The van der Waals surface area contributed by atoms with E-state index in [-0.39, 0.29) is 11.8 Å². The van der Waals surface area contributed by atoms with Crippen molar-refractivity contribution in [3.05, 3.63) is 47.0 Å². The molecule has 0 aliphatic carbocycles. The average Bonchev–Trinajstić information content (AvgIpc) is 2.79. The van der Waals surface area contributed by atoms with Crippen molar-refractivity contribution in [3.63, 3.8) is 0 Å². The van der Waals surface area contributed by atoms with Crippen LogP contribution in [-0.2, 0) is 0 Å². The van der Waals surface area contributed by atoms with Gasteiger partial charge < -0.3 is 9.67 Å². The predicted molar refractivity (Wildman–Crippen MR) is 87.0 cm³/mol. The van der Waals surface area contributed by atoms with E-state index in [1.165, 1.54) is 0 Å². The smallest absolute Gasteiger partial charge is 0.145 e. The number of aromatic nitrogens is 2. The number of halogens is 1. The van der Waals surface area contributed by atoms with Crippen molar-refractivity contribution >= 4 is 22.6 Å². The molecule has 0 saturated carbocycles. The molecule has 1 heterocycles. The van der Waals surface area contributed by atoms with E-state index in [1.807, 2.05) is 37.3 Å². The summed E-state index contributed by atoms with van der Waals surface area (Å²) in [6, 6.07) is 11.5. The van der Waals surface area contributed by atoms with Crippen molar-refractivity contribution < 1.29 is 5.11 Å². The van der Waals surface area contributed by atoms with E-state index in [4.69, 9.17) is 11.6 Å². The molecule has 0 spiro atoms. The number of hydrogen-bond acceptors (Lipinski definition) is 2. The van der Waals surface area contributed by atoms with Crippen LogP contribution in [0.3, 0.4) is 0 Å². The Morgan fingerprint density at radius 1 is 1.19 bits per heavy atom. The zero-order valence-corrected chi connectivity index (χ0v) is 13.0. The fourth-order valence-electron chi connectivity index (χ4n) is 2.63. The van der Waals surface area contributed by atoms with Crippen molar-refractivity contribution in [2.45, 2.75) is 26.8 Å². The van der Waals surface area contributed by atoms with Crippen LogP contribution in [0.4, 0.5) is 0 Å². The molecule has 4 heteroatoms. The third-order valence-electron chi connectivity index (χ3n) is 3.57. The highest BCUT2D eigenvalue weighted by atomic mass is 35.5. The first-order valence-corrected chi connectivity index (χ1v) is 7.33. The van der Waals surface area contributed by atoms with Gasteiger partial charge in [0.2, 0.25) is 0 Å². The topological polar surface area (TPSA) is 38.0 Å². The summed E-state index contributed by atoms with van der Waals surface area (Å²) >= 11 is 6.35. The van der Waals surface area contributed by atoms with Crippen molar-refractivity contribution in [3.8, 4) is 17.1 Å². The van der Waals surface area contributed by atoms with E-state index < -0.39 is 0 Å². The first-order valence-electron chi connectivity index (χ1n) is 6.95. The van der Waals surface area contributed by atoms with E-state index in [0.717, 1.165) is 28.0 Å². The number of nitrogens with zero attached hydrogens (tertiary/aromatic N) is 2. The second kappa shape index (κ2) is 5.08. The number of aromatic hydroxyl groups is 1. The lowest BCUT2D eigenvalue weighted by Crippen LogP contribution is -2.03. The monoisotopic (exact) mass is 300 g/mol. The molecule has 0 amide bonds. The summed E-state index contributed by atoms with van der Waals surface area (Å²) in [5, 5.41) is 10.9. The maximum absolute atomic E-state index is 10.3. The maximum Gasteiger partial charge on any atom is 0.145 e. The van der Waals surface area contributed by atoms with Crippen molar-refractivity contribution in [1.29, 1.82) is 0 Å². The number of para-hydroxylation sites is 1. The molecule has 3 rings (SSSR count). The lowest BCUT2D eigenvalue weighted by atomic mass is 10.1. The van der Waals surface area contributed by atoms with Crippen LogP contribution in [0.1, 0.15) is 25.5 Å². The first-order chi connectivity index (χ1) is 9.99. The van der Waals surface area contributed by atoms with Crippen molar-refractivity contribution in [1.82, 2.24) is 9.55 Å². The molecule has 0 atom stereocenters. The Bertz CT molecular complexity index is 821. The summed E-state index contributed by atoms with van der Waals surface area (Å²) in [7, 11) is 0. The molecule has 21 heavy (non-hydrogen) atoms. The Morgan fingerprint density at radius 2 is 1.95 bits per heavy atom. The number of fused-ring (bicyclic) bond motifs is 1. The highest BCUT2D eigenvalue weighted by Gasteiger charge is 2.19. The third-order valence-corrected chi connectivity index (χ3v) is 3.88. The van der Waals surface area contributed by atoms with E-state index in [2.05, 4.69) is 23.4 Å². The van der Waals surface area contributed by atoms with Crippen molar-refractivity contribution in [2.75, 3.05) is 0 Å². The zero-order chi connectivity index (χ0) is 15.1. The van der Waals surface area contributed by atoms with Gasteiger partial charge in [-0.2, -0.15) is 0 Å². The van der Waals surface area contributed by atoms with Crippen LogP contribution < -0.4 is 0 Å². The van der Waals surface area contributed by atoms with E-state index in [0.29, 0.717) is 5.02 Å². The lowest BCUT2D eigenvalue weighted by Gasteiger charge is -2.14. The largest absolute Gasteiger partial charge is 0.507 e. The number of aryl methyl sites for hydroxylation is 1. The van der Waals surface area contributed by atoms with Crippen molar-refractivity contribution in [2.24, 2.45) is 0 Å². The van der Waals surface area contributed by atoms with Gasteiger partial charge in [-0.15, -0.1) is 0 Å². The van der Waals surface area contributed by atoms with Crippen LogP contribution in [0, 0.1) is 6.92 Å². The molecule has 2 aromatic carbocycles. The minimum atomic E-state index is 0.186. The lowest BCUT2D eigenvalue weighted by molar-refractivity contribution is 0.475. The van der Waals surface area contributed by atoms with Gasteiger partial charge in [0.05, 0.1) is 21.6 Å². The molecule has 1 N–H and O–H groups in total.